The highest BCUT2D eigenvalue weighted by Crippen LogP contribution is 2.23. The van der Waals surface area contributed by atoms with Crippen molar-refractivity contribution in [2.45, 2.75) is 59.8 Å². The standard InChI is InChI=1S/C19H34N4O/c1-5-17-16(4)20-19(21-18(17)23(6-2)7-3)24-15-11-14-22-12-9-8-10-13-22/h5-15H2,1-4H3. The number of ether oxygens (including phenoxy) is 1. The third kappa shape index (κ3) is 5.07. The highest BCUT2D eigenvalue weighted by atomic mass is 16.5. The van der Waals surface area contributed by atoms with Gasteiger partial charge in [-0.3, -0.25) is 0 Å². The fraction of sp³-hybridized carbons (Fsp3) is 0.789. The van der Waals surface area contributed by atoms with Gasteiger partial charge < -0.3 is 14.5 Å². The van der Waals surface area contributed by atoms with Crippen LogP contribution in [0.25, 0.3) is 0 Å². The van der Waals surface area contributed by atoms with Gasteiger partial charge in [-0.15, -0.1) is 0 Å². The van der Waals surface area contributed by atoms with Crippen molar-refractivity contribution in [1.82, 2.24) is 14.9 Å². The zero-order valence-corrected chi connectivity index (χ0v) is 16.0. The SMILES string of the molecule is CCc1c(C)nc(OCCCN2CCCCC2)nc1N(CC)CC. The molecule has 2 heterocycles. The average molecular weight is 335 g/mol. The maximum absolute atomic E-state index is 5.88. The molecule has 0 aliphatic carbocycles. The minimum absolute atomic E-state index is 0.533. The maximum atomic E-state index is 5.88. The van der Waals surface area contributed by atoms with Crippen LogP contribution in [-0.4, -0.2) is 54.2 Å². The van der Waals surface area contributed by atoms with E-state index in [0.717, 1.165) is 44.0 Å². The van der Waals surface area contributed by atoms with Crippen molar-refractivity contribution in [3.63, 3.8) is 0 Å². The Labute approximate surface area is 147 Å². The summed E-state index contributed by atoms with van der Waals surface area (Å²) in [5, 5.41) is 0. The van der Waals surface area contributed by atoms with Gasteiger partial charge in [-0.1, -0.05) is 13.3 Å². The molecule has 0 unspecified atom stereocenters. The predicted molar refractivity (Wildman–Crippen MR) is 100 cm³/mol. The molecular weight excluding hydrogens is 300 g/mol. The van der Waals surface area contributed by atoms with Gasteiger partial charge in [0.1, 0.15) is 5.82 Å². The van der Waals surface area contributed by atoms with Crippen molar-refractivity contribution < 1.29 is 4.74 Å². The lowest BCUT2D eigenvalue weighted by molar-refractivity contribution is 0.200. The molecule has 1 aromatic heterocycles. The quantitative estimate of drug-likeness (QED) is 0.647. The van der Waals surface area contributed by atoms with E-state index in [2.05, 4.69) is 42.5 Å². The number of aromatic nitrogens is 2. The molecule has 0 amide bonds. The second kappa shape index (κ2) is 9.82. The van der Waals surface area contributed by atoms with Gasteiger partial charge in [-0.05, 0) is 59.5 Å². The van der Waals surface area contributed by atoms with Crippen molar-refractivity contribution in [1.29, 1.82) is 0 Å². The summed E-state index contributed by atoms with van der Waals surface area (Å²) in [5.41, 5.74) is 2.28. The molecule has 0 aromatic carbocycles. The van der Waals surface area contributed by atoms with E-state index in [-0.39, 0.29) is 0 Å². The fourth-order valence-electron chi connectivity index (χ4n) is 3.45. The van der Waals surface area contributed by atoms with Gasteiger partial charge in [-0.25, -0.2) is 4.98 Å². The molecule has 0 N–H and O–H groups in total. The number of aryl methyl sites for hydroxylation is 1. The summed E-state index contributed by atoms with van der Waals surface area (Å²) in [6.07, 6.45) is 6.06. The fourth-order valence-corrected chi connectivity index (χ4v) is 3.45. The Morgan fingerprint density at radius 3 is 2.38 bits per heavy atom. The highest BCUT2D eigenvalue weighted by molar-refractivity contribution is 5.49. The van der Waals surface area contributed by atoms with Crippen LogP contribution in [0.2, 0.25) is 0 Å². The van der Waals surface area contributed by atoms with Gasteiger partial charge in [0.05, 0.1) is 6.61 Å². The van der Waals surface area contributed by atoms with Gasteiger partial charge >= 0.3 is 6.01 Å². The maximum Gasteiger partial charge on any atom is 0.318 e. The summed E-state index contributed by atoms with van der Waals surface area (Å²) in [6.45, 7) is 14.8. The zero-order chi connectivity index (χ0) is 17.4. The first-order valence-electron chi connectivity index (χ1n) is 9.67. The number of nitrogens with zero attached hydrogens (tertiary/aromatic N) is 4. The molecule has 2 rings (SSSR count). The number of rotatable bonds is 9. The predicted octanol–water partition coefficient (Wildman–Crippen LogP) is 3.45. The zero-order valence-electron chi connectivity index (χ0n) is 16.0. The Hall–Kier alpha value is -1.36. The summed E-state index contributed by atoms with van der Waals surface area (Å²) < 4.78 is 5.88. The van der Waals surface area contributed by atoms with E-state index in [4.69, 9.17) is 9.72 Å². The molecule has 0 bridgehead atoms. The molecule has 0 spiro atoms. The lowest BCUT2D eigenvalue weighted by Crippen LogP contribution is -2.31. The minimum Gasteiger partial charge on any atom is -0.463 e. The summed E-state index contributed by atoms with van der Waals surface area (Å²) in [5.74, 6) is 1.04. The van der Waals surface area contributed by atoms with Crippen LogP contribution in [-0.2, 0) is 6.42 Å². The van der Waals surface area contributed by atoms with Crippen LogP contribution in [0.4, 0.5) is 5.82 Å². The lowest BCUT2D eigenvalue weighted by Gasteiger charge is -2.26. The van der Waals surface area contributed by atoms with Crippen molar-refractivity contribution in [2.75, 3.05) is 44.2 Å². The van der Waals surface area contributed by atoms with E-state index in [1.807, 2.05) is 0 Å². The number of likely N-dealkylation sites (tertiary alicyclic amines) is 1. The molecule has 1 aromatic rings. The van der Waals surface area contributed by atoms with E-state index in [0.29, 0.717) is 12.6 Å². The lowest BCUT2D eigenvalue weighted by atomic mass is 10.1. The number of anilines is 1. The molecule has 5 nitrogen and oxygen atoms in total. The van der Waals surface area contributed by atoms with Crippen LogP contribution in [0.15, 0.2) is 0 Å². The molecule has 5 heteroatoms. The molecule has 24 heavy (non-hydrogen) atoms. The first kappa shape index (κ1) is 19.0. The molecule has 1 aliphatic rings. The first-order chi connectivity index (χ1) is 11.7. The molecule has 1 fully saturated rings. The molecular formula is C19H34N4O. The largest absolute Gasteiger partial charge is 0.463 e. The molecule has 1 aliphatic heterocycles. The summed E-state index contributed by atoms with van der Waals surface area (Å²) in [7, 11) is 0. The van der Waals surface area contributed by atoms with Crippen molar-refractivity contribution >= 4 is 5.82 Å². The second-order valence-corrected chi connectivity index (χ2v) is 6.52. The Morgan fingerprint density at radius 1 is 1.04 bits per heavy atom. The molecule has 0 atom stereocenters. The highest BCUT2D eigenvalue weighted by Gasteiger charge is 2.15. The summed E-state index contributed by atoms with van der Waals surface area (Å²) >= 11 is 0. The smallest absolute Gasteiger partial charge is 0.318 e. The summed E-state index contributed by atoms with van der Waals surface area (Å²) in [4.78, 5) is 14.1. The number of piperidine rings is 1. The Morgan fingerprint density at radius 2 is 1.75 bits per heavy atom. The van der Waals surface area contributed by atoms with E-state index in [1.54, 1.807) is 0 Å². The molecule has 0 saturated carbocycles. The van der Waals surface area contributed by atoms with Gasteiger partial charge in [0.2, 0.25) is 0 Å². The average Bonchev–Trinajstić information content (AvgIpc) is 2.60. The van der Waals surface area contributed by atoms with Crippen LogP contribution >= 0.6 is 0 Å². The van der Waals surface area contributed by atoms with Crippen molar-refractivity contribution in [2.24, 2.45) is 0 Å². The van der Waals surface area contributed by atoms with Crippen LogP contribution in [0.3, 0.4) is 0 Å². The Bertz CT molecular complexity index is 496. The summed E-state index contributed by atoms with van der Waals surface area (Å²) in [6, 6.07) is 0.533. The van der Waals surface area contributed by atoms with Gasteiger partial charge in [0.25, 0.3) is 0 Å². The third-order valence-electron chi connectivity index (χ3n) is 4.89. The molecule has 0 radical (unpaired) electrons. The molecule has 136 valence electrons. The van der Waals surface area contributed by atoms with E-state index in [1.165, 1.54) is 37.9 Å². The van der Waals surface area contributed by atoms with E-state index < -0.39 is 0 Å². The molecule has 1 saturated heterocycles. The monoisotopic (exact) mass is 334 g/mol. The van der Waals surface area contributed by atoms with E-state index in [9.17, 15) is 0 Å². The van der Waals surface area contributed by atoms with Crippen LogP contribution < -0.4 is 9.64 Å². The number of hydrogen-bond acceptors (Lipinski definition) is 5. The van der Waals surface area contributed by atoms with Crippen LogP contribution in [0, 0.1) is 6.92 Å². The van der Waals surface area contributed by atoms with Crippen molar-refractivity contribution in [3.8, 4) is 6.01 Å². The normalized spacial score (nSPS) is 15.5. The number of hydrogen-bond donors (Lipinski definition) is 0. The van der Waals surface area contributed by atoms with Crippen LogP contribution in [0.1, 0.15) is 57.7 Å². The first-order valence-corrected chi connectivity index (χ1v) is 9.67. The van der Waals surface area contributed by atoms with Crippen molar-refractivity contribution in [3.05, 3.63) is 11.3 Å². The van der Waals surface area contributed by atoms with Gasteiger partial charge in [0.15, 0.2) is 0 Å². The van der Waals surface area contributed by atoms with Gasteiger partial charge in [0, 0.05) is 30.9 Å². The Kier molecular flexibility index (Phi) is 7.76. The topological polar surface area (TPSA) is 41.5 Å². The van der Waals surface area contributed by atoms with Crippen LogP contribution in [0.5, 0.6) is 6.01 Å². The second-order valence-electron chi connectivity index (χ2n) is 6.52. The van der Waals surface area contributed by atoms with Gasteiger partial charge in [-0.2, -0.15) is 4.98 Å². The minimum atomic E-state index is 0.533. The third-order valence-corrected chi connectivity index (χ3v) is 4.89. The Balaban J connectivity index is 1.94. The van der Waals surface area contributed by atoms with E-state index >= 15 is 0 Å².